The van der Waals surface area contributed by atoms with Gasteiger partial charge in [0, 0.05) is 13.0 Å². The number of carbonyl (C=O) groups is 1. The highest BCUT2D eigenvalue weighted by Gasteiger charge is 2.38. The molecule has 1 aromatic carbocycles. The van der Waals surface area contributed by atoms with Crippen LogP contribution < -0.4 is 4.90 Å². The maximum absolute atomic E-state index is 13.0. The van der Waals surface area contributed by atoms with Crippen molar-refractivity contribution in [2.75, 3.05) is 20.1 Å². The molecule has 4 rings (SSSR count). The molecule has 1 saturated carbocycles. The monoisotopic (exact) mass is 372 g/mol. The van der Waals surface area contributed by atoms with Crippen molar-refractivity contribution in [3.63, 3.8) is 0 Å². The van der Waals surface area contributed by atoms with E-state index in [-0.39, 0.29) is 11.9 Å². The Balaban J connectivity index is 1.43. The summed E-state index contributed by atoms with van der Waals surface area (Å²) in [6, 6.07) is 8.96. The van der Waals surface area contributed by atoms with Crippen LogP contribution in [0.5, 0.6) is 0 Å². The molecule has 5 heteroatoms. The summed E-state index contributed by atoms with van der Waals surface area (Å²) in [7, 11) is 1.95. The summed E-state index contributed by atoms with van der Waals surface area (Å²) < 4.78 is 1.20. The molecule has 2 aliphatic rings. The lowest BCUT2D eigenvalue weighted by Gasteiger charge is -2.41. The standard InChI is InChI=1S/C21H29N3OS/c1-15(21-22-17-10-4-6-12-19(17)26-21)23(2)20(25)14-24-13-7-9-16-8-3-5-11-18(16)24/h4,6,10,12,15-16,18H,3,5,7-9,11,13-14H2,1-2H3/p+1/t15-,16+,18-/m0/s1. The van der Waals surface area contributed by atoms with Crippen LogP contribution in [-0.2, 0) is 4.79 Å². The maximum Gasteiger partial charge on any atom is 0.278 e. The van der Waals surface area contributed by atoms with Crippen molar-refractivity contribution in [3.8, 4) is 0 Å². The molecule has 140 valence electrons. The fourth-order valence-electron chi connectivity index (χ4n) is 4.86. The Morgan fingerprint density at radius 2 is 2.04 bits per heavy atom. The molecule has 2 aromatic rings. The van der Waals surface area contributed by atoms with E-state index in [4.69, 9.17) is 4.98 Å². The predicted molar refractivity (Wildman–Crippen MR) is 106 cm³/mol. The van der Waals surface area contributed by atoms with E-state index in [1.54, 1.807) is 11.3 Å². The molecule has 1 unspecified atom stereocenters. The van der Waals surface area contributed by atoms with Gasteiger partial charge in [0.05, 0.1) is 28.8 Å². The van der Waals surface area contributed by atoms with Crippen LogP contribution in [0.4, 0.5) is 0 Å². The zero-order chi connectivity index (χ0) is 18.1. The van der Waals surface area contributed by atoms with Crippen LogP contribution in [0, 0.1) is 5.92 Å². The zero-order valence-corrected chi connectivity index (χ0v) is 16.7. The number of likely N-dealkylation sites (tertiary alicyclic amines) is 1. The van der Waals surface area contributed by atoms with E-state index in [0.29, 0.717) is 12.6 Å². The van der Waals surface area contributed by atoms with Gasteiger partial charge >= 0.3 is 0 Å². The molecule has 0 spiro atoms. The van der Waals surface area contributed by atoms with E-state index in [9.17, 15) is 4.79 Å². The van der Waals surface area contributed by atoms with Crippen molar-refractivity contribution in [2.24, 2.45) is 5.92 Å². The lowest BCUT2D eigenvalue weighted by molar-refractivity contribution is -0.929. The Hall–Kier alpha value is -1.46. The first-order valence-corrected chi connectivity index (χ1v) is 10.9. The van der Waals surface area contributed by atoms with Gasteiger partial charge < -0.3 is 9.80 Å². The first kappa shape index (κ1) is 17.9. The number of hydrogen-bond donors (Lipinski definition) is 1. The molecule has 2 fully saturated rings. The number of benzene rings is 1. The third-order valence-corrected chi connectivity index (χ3v) is 7.73. The van der Waals surface area contributed by atoms with Crippen LogP contribution in [0.15, 0.2) is 24.3 Å². The lowest BCUT2D eigenvalue weighted by atomic mass is 9.78. The van der Waals surface area contributed by atoms with Gasteiger partial charge in [0.15, 0.2) is 6.54 Å². The topological polar surface area (TPSA) is 37.6 Å². The van der Waals surface area contributed by atoms with Crippen molar-refractivity contribution in [2.45, 2.75) is 57.5 Å². The Kier molecular flexibility index (Phi) is 5.28. The predicted octanol–water partition coefficient (Wildman–Crippen LogP) is 3.05. The highest BCUT2D eigenvalue weighted by Crippen LogP contribution is 2.30. The Labute approximate surface area is 160 Å². The molecule has 0 bridgehead atoms. The van der Waals surface area contributed by atoms with Gasteiger partial charge in [-0.1, -0.05) is 18.6 Å². The third kappa shape index (κ3) is 3.52. The minimum atomic E-state index is 0.0336. The summed E-state index contributed by atoms with van der Waals surface area (Å²) in [6.07, 6.45) is 8.07. The van der Waals surface area contributed by atoms with Crippen molar-refractivity contribution >= 4 is 27.5 Å². The number of aromatic nitrogens is 1. The van der Waals surface area contributed by atoms with Crippen LogP contribution in [-0.4, -0.2) is 42.0 Å². The van der Waals surface area contributed by atoms with E-state index in [1.807, 2.05) is 30.1 Å². The highest BCUT2D eigenvalue weighted by atomic mass is 32.1. The minimum absolute atomic E-state index is 0.0336. The number of likely N-dealkylation sites (N-methyl/N-ethyl adjacent to an activating group) is 1. The SMILES string of the molecule is C[C@@H](c1nc2ccccc2s1)N(C)C(=O)C[NH+]1CCC[C@H]2CCCC[C@@H]21. The summed E-state index contributed by atoms with van der Waals surface area (Å²) in [4.78, 5) is 21.2. The van der Waals surface area contributed by atoms with Gasteiger partial charge in [0.25, 0.3) is 5.91 Å². The van der Waals surface area contributed by atoms with Gasteiger partial charge in [-0.2, -0.15) is 0 Å². The molecule has 1 saturated heterocycles. The van der Waals surface area contributed by atoms with Crippen molar-refractivity contribution in [1.29, 1.82) is 0 Å². The normalized spacial score (nSPS) is 27.1. The summed E-state index contributed by atoms with van der Waals surface area (Å²) in [6.45, 7) is 3.91. The quantitative estimate of drug-likeness (QED) is 0.896. The highest BCUT2D eigenvalue weighted by molar-refractivity contribution is 7.18. The molecule has 1 amide bonds. The van der Waals surface area contributed by atoms with Gasteiger partial charge in [0.1, 0.15) is 5.01 Å². The van der Waals surface area contributed by atoms with Crippen molar-refractivity contribution in [3.05, 3.63) is 29.3 Å². The number of carbonyl (C=O) groups excluding carboxylic acids is 1. The lowest BCUT2D eigenvalue weighted by Crippen LogP contribution is -3.18. The Morgan fingerprint density at radius 3 is 2.88 bits per heavy atom. The maximum atomic E-state index is 13.0. The van der Waals surface area contributed by atoms with Gasteiger partial charge in [-0.05, 0) is 51.2 Å². The largest absolute Gasteiger partial charge is 0.332 e. The number of hydrogen-bond acceptors (Lipinski definition) is 3. The van der Waals surface area contributed by atoms with Gasteiger partial charge in [-0.15, -0.1) is 11.3 Å². The van der Waals surface area contributed by atoms with Crippen LogP contribution in [0.25, 0.3) is 10.2 Å². The number of fused-ring (bicyclic) bond motifs is 2. The molecule has 1 aliphatic heterocycles. The zero-order valence-electron chi connectivity index (χ0n) is 15.9. The number of nitrogens with zero attached hydrogens (tertiary/aromatic N) is 2. The molecule has 4 nitrogen and oxygen atoms in total. The Bertz CT molecular complexity index is 738. The average Bonchev–Trinajstić information content (AvgIpc) is 3.11. The molecular weight excluding hydrogens is 342 g/mol. The molecule has 2 heterocycles. The fraction of sp³-hybridized carbons (Fsp3) is 0.619. The molecule has 26 heavy (non-hydrogen) atoms. The molecule has 1 aliphatic carbocycles. The second-order valence-electron chi connectivity index (χ2n) is 8.08. The van der Waals surface area contributed by atoms with E-state index in [2.05, 4.69) is 13.0 Å². The molecule has 4 atom stereocenters. The second kappa shape index (κ2) is 7.65. The van der Waals surface area contributed by atoms with E-state index < -0.39 is 0 Å². The summed E-state index contributed by atoms with van der Waals surface area (Å²) >= 11 is 1.70. The van der Waals surface area contributed by atoms with Crippen LogP contribution in [0.2, 0.25) is 0 Å². The van der Waals surface area contributed by atoms with Crippen LogP contribution >= 0.6 is 11.3 Å². The molecular formula is C21H30N3OS+. The molecule has 0 radical (unpaired) electrons. The summed E-state index contributed by atoms with van der Waals surface area (Å²) in [5, 5.41) is 1.03. The van der Waals surface area contributed by atoms with Gasteiger partial charge in [-0.3, -0.25) is 4.79 Å². The number of quaternary nitrogens is 1. The fourth-order valence-corrected chi connectivity index (χ4v) is 5.92. The van der Waals surface area contributed by atoms with Gasteiger partial charge in [-0.25, -0.2) is 4.98 Å². The van der Waals surface area contributed by atoms with E-state index >= 15 is 0 Å². The number of para-hydroxylation sites is 1. The minimum Gasteiger partial charge on any atom is -0.332 e. The Morgan fingerprint density at radius 1 is 1.27 bits per heavy atom. The van der Waals surface area contributed by atoms with E-state index in [1.165, 1.54) is 48.1 Å². The third-order valence-electron chi connectivity index (χ3n) is 6.53. The van der Waals surface area contributed by atoms with Gasteiger partial charge in [0.2, 0.25) is 0 Å². The van der Waals surface area contributed by atoms with Crippen molar-refractivity contribution in [1.82, 2.24) is 9.88 Å². The number of thiazole rings is 1. The first-order chi connectivity index (χ1) is 12.6. The number of rotatable bonds is 4. The van der Waals surface area contributed by atoms with Crippen LogP contribution in [0.3, 0.4) is 0 Å². The number of nitrogens with one attached hydrogen (secondary N) is 1. The smallest absolute Gasteiger partial charge is 0.278 e. The summed E-state index contributed by atoms with van der Waals surface area (Å²) in [5.74, 6) is 1.12. The molecule has 1 aromatic heterocycles. The number of piperidine rings is 1. The molecule has 1 N–H and O–H groups in total. The number of amides is 1. The average molecular weight is 373 g/mol. The second-order valence-corrected chi connectivity index (χ2v) is 9.14. The summed E-state index contributed by atoms with van der Waals surface area (Å²) in [5.41, 5.74) is 1.03. The van der Waals surface area contributed by atoms with Crippen molar-refractivity contribution < 1.29 is 9.69 Å². The first-order valence-electron chi connectivity index (χ1n) is 10.1. The van der Waals surface area contributed by atoms with Crippen LogP contribution in [0.1, 0.15) is 56.5 Å². The van der Waals surface area contributed by atoms with E-state index in [0.717, 1.165) is 23.0 Å².